The van der Waals surface area contributed by atoms with Gasteiger partial charge < -0.3 is 21.8 Å². The predicted octanol–water partition coefficient (Wildman–Crippen LogP) is 6.19. The van der Waals surface area contributed by atoms with E-state index in [0.29, 0.717) is 6.54 Å². The maximum absolute atomic E-state index is 6.37. The standard InChI is InChI=1S/C39H52N8/c1-3-19-39(2,42)45-21-7-12-29-10-5-14-31(25-29)33-16-18-35-34-17-15-32(26-36(34)47(37(35)27-33)23-8-22-46-43)30-13-4-9-28(24-30)11-6-20-44-38(40)41/h4-5,9-10,13-18,24-27,45-46H,3,6-8,11-12,19-23,42-43H2,1-2H3,(H4,40,41,44). The van der Waals surface area contributed by atoms with Crippen molar-refractivity contribution in [1.82, 2.24) is 15.3 Å². The third-order valence-electron chi connectivity index (χ3n) is 8.95. The van der Waals surface area contributed by atoms with Crippen LogP contribution in [-0.4, -0.2) is 35.8 Å². The van der Waals surface area contributed by atoms with E-state index in [1.165, 1.54) is 55.2 Å². The van der Waals surface area contributed by atoms with Crippen molar-refractivity contribution >= 4 is 27.8 Å². The molecule has 0 spiro atoms. The summed E-state index contributed by atoms with van der Waals surface area (Å²) < 4.78 is 2.46. The number of rotatable bonds is 17. The molecule has 1 atom stereocenters. The molecule has 0 amide bonds. The van der Waals surface area contributed by atoms with E-state index in [4.69, 9.17) is 23.0 Å². The van der Waals surface area contributed by atoms with E-state index < -0.39 is 0 Å². The molecule has 1 aromatic heterocycles. The first kappa shape index (κ1) is 34.1. The second-order valence-electron chi connectivity index (χ2n) is 12.9. The van der Waals surface area contributed by atoms with Crippen molar-refractivity contribution in [2.24, 2.45) is 28.0 Å². The first-order valence-corrected chi connectivity index (χ1v) is 17.1. The Hall–Kier alpha value is -4.21. The van der Waals surface area contributed by atoms with E-state index in [-0.39, 0.29) is 11.6 Å². The number of guanidine groups is 1. The molecule has 0 aliphatic rings. The van der Waals surface area contributed by atoms with Gasteiger partial charge in [0.15, 0.2) is 5.96 Å². The van der Waals surface area contributed by atoms with Gasteiger partial charge in [0, 0.05) is 41.4 Å². The number of hydrazine groups is 1. The number of aryl methyl sites for hydroxylation is 3. The lowest BCUT2D eigenvalue weighted by Crippen LogP contribution is -2.50. The van der Waals surface area contributed by atoms with Gasteiger partial charge in [0.2, 0.25) is 0 Å². The van der Waals surface area contributed by atoms with E-state index >= 15 is 0 Å². The Kier molecular flexibility index (Phi) is 11.7. The second-order valence-corrected chi connectivity index (χ2v) is 12.9. The third kappa shape index (κ3) is 8.99. The largest absolute Gasteiger partial charge is 0.370 e. The number of aliphatic imine (C=N–C) groups is 1. The smallest absolute Gasteiger partial charge is 0.185 e. The fourth-order valence-electron chi connectivity index (χ4n) is 6.61. The molecule has 4 aromatic carbocycles. The second kappa shape index (κ2) is 16.1. The Morgan fingerprint density at radius 1 is 0.745 bits per heavy atom. The van der Waals surface area contributed by atoms with Crippen molar-refractivity contribution in [2.45, 2.75) is 71.0 Å². The topological polar surface area (TPSA) is 145 Å². The highest BCUT2D eigenvalue weighted by molar-refractivity contribution is 6.10. The Bertz CT molecular complexity index is 1800. The maximum Gasteiger partial charge on any atom is 0.185 e. The SMILES string of the molecule is CCCC(C)(N)NCCCc1cccc(-c2ccc3c4ccc(-c5cccc(CCCN=C(N)N)c5)cc4n(CCCNN)c3c2)c1. The number of hydrogen-bond acceptors (Lipinski definition) is 5. The van der Waals surface area contributed by atoms with Crippen LogP contribution >= 0.6 is 0 Å². The summed E-state index contributed by atoms with van der Waals surface area (Å²) in [6.45, 7) is 7.41. The molecule has 8 nitrogen and oxygen atoms in total. The van der Waals surface area contributed by atoms with E-state index in [9.17, 15) is 0 Å². The van der Waals surface area contributed by atoms with Gasteiger partial charge in [-0.2, -0.15) is 0 Å². The summed E-state index contributed by atoms with van der Waals surface area (Å²) in [6.07, 6.45) is 6.86. The zero-order valence-corrected chi connectivity index (χ0v) is 28.1. The molecule has 0 aliphatic heterocycles. The van der Waals surface area contributed by atoms with Crippen LogP contribution in [0.1, 0.15) is 57.1 Å². The van der Waals surface area contributed by atoms with Crippen LogP contribution < -0.4 is 33.8 Å². The molecule has 0 bridgehead atoms. The fraction of sp³-hybridized carbons (Fsp3) is 0.359. The Balaban J connectivity index is 1.42. The van der Waals surface area contributed by atoms with Gasteiger partial charge in [-0.25, -0.2) is 0 Å². The quantitative estimate of drug-likeness (QED) is 0.0180. The van der Waals surface area contributed by atoms with E-state index in [2.05, 4.69) is 119 Å². The zero-order valence-electron chi connectivity index (χ0n) is 28.1. The molecule has 0 saturated heterocycles. The molecule has 248 valence electrons. The van der Waals surface area contributed by atoms with Gasteiger partial charge in [0.05, 0.1) is 5.66 Å². The number of nitrogens with two attached hydrogens (primary N) is 4. The van der Waals surface area contributed by atoms with Crippen LogP contribution in [-0.2, 0) is 19.4 Å². The summed E-state index contributed by atoms with van der Waals surface area (Å²) in [4.78, 5) is 4.12. The molecule has 0 radical (unpaired) electrons. The van der Waals surface area contributed by atoms with Crippen LogP contribution in [0.4, 0.5) is 0 Å². The molecule has 1 heterocycles. The van der Waals surface area contributed by atoms with Gasteiger partial charge in [-0.1, -0.05) is 86.1 Å². The lowest BCUT2D eigenvalue weighted by Gasteiger charge is -2.25. The fourth-order valence-corrected chi connectivity index (χ4v) is 6.61. The van der Waals surface area contributed by atoms with E-state index in [1.807, 2.05) is 0 Å². The van der Waals surface area contributed by atoms with Crippen LogP contribution in [0.5, 0.6) is 0 Å². The van der Waals surface area contributed by atoms with Crippen molar-refractivity contribution in [3.05, 3.63) is 96.1 Å². The van der Waals surface area contributed by atoms with E-state index in [1.54, 1.807) is 0 Å². The first-order chi connectivity index (χ1) is 22.8. The minimum atomic E-state index is -0.300. The number of fused-ring (bicyclic) bond motifs is 3. The molecule has 8 heteroatoms. The van der Waals surface area contributed by atoms with Crippen LogP contribution in [0.25, 0.3) is 44.1 Å². The average molecular weight is 633 g/mol. The molecule has 0 saturated carbocycles. The lowest BCUT2D eigenvalue weighted by molar-refractivity contribution is 0.338. The predicted molar refractivity (Wildman–Crippen MR) is 200 cm³/mol. The Morgan fingerprint density at radius 2 is 1.32 bits per heavy atom. The third-order valence-corrected chi connectivity index (χ3v) is 8.95. The average Bonchev–Trinajstić information content (AvgIpc) is 3.37. The summed E-state index contributed by atoms with van der Waals surface area (Å²) in [7, 11) is 0. The number of benzene rings is 4. The van der Waals surface area contributed by atoms with Gasteiger partial charge in [0.1, 0.15) is 0 Å². The molecule has 5 rings (SSSR count). The van der Waals surface area contributed by atoms with Gasteiger partial charge in [-0.05, 0) is 97.5 Å². The monoisotopic (exact) mass is 632 g/mol. The van der Waals surface area contributed by atoms with Gasteiger partial charge in [-0.3, -0.25) is 21.6 Å². The molecule has 1 unspecified atom stereocenters. The van der Waals surface area contributed by atoms with E-state index in [0.717, 1.165) is 64.6 Å². The van der Waals surface area contributed by atoms with Crippen molar-refractivity contribution < 1.29 is 0 Å². The highest BCUT2D eigenvalue weighted by atomic mass is 15.2. The van der Waals surface area contributed by atoms with Crippen molar-refractivity contribution in [3.63, 3.8) is 0 Å². The highest BCUT2D eigenvalue weighted by Crippen LogP contribution is 2.35. The molecular weight excluding hydrogens is 580 g/mol. The molecule has 5 aromatic rings. The van der Waals surface area contributed by atoms with Crippen LogP contribution in [0.15, 0.2) is 89.9 Å². The number of hydrogen-bond donors (Lipinski definition) is 6. The Morgan fingerprint density at radius 3 is 1.87 bits per heavy atom. The van der Waals surface area contributed by atoms with Crippen LogP contribution in [0, 0.1) is 0 Å². The van der Waals surface area contributed by atoms with Crippen LogP contribution in [0.2, 0.25) is 0 Å². The molecule has 0 fully saturated rings. The Labute approximate surface area is 279 Å². The van der Waals surface area contributed by atoms with Crippen molar-refractivity contribution in [1.29, 1.82) is 0 Å². The number of nitrogens with zero attached hydrogens (tertiary/aromatic N) is 2. The lowest BCUT2D eigenvalue weighted by atomic mass is 9.98. The normalized spacial score (nSPS) is 12.9. The maximum atomic E-state index is 6.37. The summed E-state index contributed by atoms with van der Waals surface area (Å²) in [6, 6.07) is 31.5. The highest BCUT2D eigenvalue weighted by Gasteiger charge is 2.16. The van der Waals surface area contributed by atoms with Gasteiger partial charge >= 0.3 is 0 Å². The minimum Gasteiger partial charge on any atom is -0.370 e. The minimum absolute atomic E-state index is 0.145. The van der Waals surface area contributed by atoms with Crippen LogP contribution in [0.3, 0.4) is 0 Å². The number of aromatic nitrogens is 1. The van der Waals surface area contributed by atoms with Crippen molar-refractivity contribution in [2.75, 3.05) is 19.6 Å². The molecule has 10 N–H and O–H groups in total. The summed E-state index contributed by atoms with van der Waals surface area (Å²) in [5.74, 6) is 5.81. The van der Waals surface area contributed by atoms with Gasteiger partial charge in [-0.15, -0.1) is 0 Å². The molecular formula is C39H52N8. The zero-order chi connectivity index (χ0) is 33.2. The summed E-state index contributed by atoms with van der Waals surface area (Å²) in [5, 5.41) is 6.05. The number of nitrogens with one attached hydrogen (secondary N) is 2. The summed E-state index contributed by atoms with van der Waals surface area (Å²) in [5.41, 5.74) is 29.9. The first-order valence-electron chi connectivity index (χ1n) is 17.1. The molecule has 0 aliphatic carbocycles. The van der Waals surface area contributed by atoms with Crippen molar-refractivity contribution in [3.8, 4) is 22.3 Å². The van der Waals surface area contributed by atoms with Gasteiger partial charge in [0.25, 0.3) is 0 Å². The summed E-state index contributed by atoms with van der Waals surface area (Å²) >= 11 is 0. The molecule has 47 heavy (non-hydrogen) atoms.